The zero-order valence-electron chi connectivity index (χ0n) is 9.72. The van der Waals surface area contributed by atoms with Crippen LogP contribution in [0.5, 0.6) is 0 Å². The number of rotatable bonds is 5. The third-order valence-electron chi connectivity index (χ3n) is 1.85. The molecule has 4 heteroatoms. The lowest BCUT2D eigenvalue weighted by Gasteiger charge is -2.15. The Labute approximate surface area is 87.2 Å². The van der Waals surface area contributed by atoms with Gasteiger partial charge in [-0.3, -0.25) is 0 Å². The summed E-state index contributed by atoms with van der Waals surface area (Å²) in [6.45, 7) is 8.29. The highest BCUT2D eigenvalue weighted by Crippen LogP contribution is 2.09. The quantitative estimate of drug-likeness (QED) is 0.402. The van der Waals surface area contributed by atoms with E-state index in [1.165, 1.54) is 0 Å². The molecule has 0 N–H and O–H groups in total. The van der Waals surface area contributed by atoms with Crippen LogP contribution in [0.4, 0.5) is 0 Å². The molecule has 0 spiro atoms. The maximum atomic E-state index is 11.4. The molecular formula is C10H20O3Si. The van der Waals surface area contributed by atoms with E-state index < -0.39 is 8.32 Å². The molecule has 82 valence electrons. The molecule has 0 radical (unpaired) electrons. The van der Waals surface area contributed by atoms with Crippen molar-refractivity contribution in [1.29, 1.82) is 0 Å². The molecule has 0 aliphatic carbocycles. The summed E-state index contributed by atoms with van der Waals surface area (Å²) in [6, 6.07) is 0. The molecule has 0 amide bonds. The molecule has 0 saturated carbocycles. The van der Waals surface area contributed by atoms with Crippen LogP contribution in [-0.2, 0) is 14.0 Å². The topological polar surface area (TPSA) is 35.5 Å². The zero-order valence-corrected chi connectivity index (χ0v) is 10.7. The molecule has 0 fully saturated rings. The first-order valence-electron chi connectivity index (χ1n) is 4.84. The highest BCUT2D eigenvalue weighted by Gasteiger charge is 2.19. The highest BCUT2D eigenvalue weighted by atomic mass is 28.4. The van der Waals surface area contributed by atoms with Crippen molar-refractivity contribution in [2.45, 2.75) is 33.4 Å². The van der Waals surface area contributed by atoms with Crippen LogP contribution in [0.2, 0.25) is 13.1 Å². The van der Waals surface area contributed by atoms with E-state index in [2.05, 4.69) is 0 Å². The number of hydrogen-bond donors (Lipinski definition) is 0. The zero-order chi connectivity index (χ0) is 11.2. The van der Waals surface area contributed by atoms with Gasteiger partial charge in [0.15, 0.2) is 0 Å². The van der Waals surface area contributed by atoms with Crippen molar-refractivity contribution in [3.8, 4) is 0 Å². The van der Waals surface area contributed by atoms with Crippen molar-refractivity contribution < 1.29 is 14.0 Å². The van der Waals surface area contributed by atoms with Gasteiger partial charge in [0, 0.05) is 12.7 Å². The Kier molecular flexibility index (Phi) is 5.72. The van der Waals surface area contributed by atoms with E-state index in [9.17, 15) is 4.79 Å². The second kappa shape index (κ2) is 5.98. The Bertz CT molecular complexity index is 221. The highest BCUT2D eigenvalue weighted by molar-refractivity contribution is 6.76. The molecular weight excluding hydrogens is 196 g/mol. The van der Waals surface area contributed by atoms with E-state index in [4.69, 9.17) is 9.16 Å². The van der Waals surface area contributed by atoms with Crippen molar-refractivity contribution in [2.24, 2.45) is 0 Å². The Morgan fingerprint density at radius 2 is 2.00 bits per heavy atom. The van der Waals surface area contributed by atoms with Gasteiger partial charge in [0.2, 0.25) is 8.32 Å². The lowest BCUT2D eigenvalue weighted by atomic mass is 10.4. The lowest BCUT2D eigenvalue weighted by molar-refractivity contribution is -0.138. The first-order chi connectivity index (χ1) is 6.43. The van der Waals surface area contributed by atoms with Crippen LogP contribution in [0.15, 0.2) is 11.3 Å². The summed E-state index contributed by atoms with van der Waals surface area (Å²) in [6.07, 6.45) is 0.851. The van der Waals surface area contributed by atoms with E-state index >= 15 is 0 Å². The molecule has 0 heterocycles. The van der Waals surface area contributed by atoms with Gasteiger partial charge in [0.1, 0.15) is 0 Å². The van der Waals surface area contributed by atoms with Crippen LogP contribution in [0.1, 0.15) is 20.3 Å². The van der Waals surface area contributed by atoms with Gasteiger partial charge >= 0.3 is 5.97 Å². The monoisotopic (exact) mass is 216 g/mol. The Hall–Kier alpha value is -0.613. The van der Waals surface area contributed by atoms with Gasteiger partial charge in [0.25, 0.3) is 0 Å². The van der Waals surface area contributed by atoms with Crippen LogP contribution in [-0.4, -0.2) is 28.0 Å². The molecule has 3 nitrogen and oxygen atoms in total. The average Bonchev–Trinajstić information content (AvgIpc) is 2.13. The van der Waals surface area contributed by atoms with Crippen molar-refractivity contribution in [3.63, 3.8) is 0 Å². The Balaban J connectivity index is 4.30. The van der Waals surface area contributed by atoms with E-state index in [0.717, 1.165) is 6.42 Å². The van der Waals surface area contributed by atoms with Gasteiger partial charge in [-0.2, -0.15) is 0 Å². The first kappa shape index (κ1) is 13.4. The number of esters is 1. The Morgan fingerprint density at radius 3 is 2.43 bits per heavy atom. The molecule has 0 rings (SSSR count). The molecule has 0 aromatic heterocycles. The van der Waals surface area contributed by atoms with Gasteiger partial charge in [-0.1, -0.05) is 12.6 Å². The number of carbonyl (C=O) groups is 1. The van der Waals surface area contributed by atoms with Crippen LogP contribution < -0.4 is 0 Å². The number of hydrogen-bond acceptors (Lipinski definition) is 3. The minimum Gasteiger partial charge on any atom is -0.462 e. The van der Waals surface area contributed by atoms with E-state index in [1.54, 1.807) is 14.0 Å². The van der Waals surface area contributed by atoms with Gasteiger partial charge in [-0.05, 0) is 26.4 Å². The number of ether oxygens (including phenoxy) is 1. The minimum absolute atomic E-state index is 0.232. The smallest absolute Gasteiger partial charge is 0.333 e. The van der Waals surface area contributed by atoms with Gasteiger partial charge < -0.3 is 9.16 Å². The van der Waals surface area contributed by atoms with Crippen molar-refractivity contribution >= 4 is 14.3 Å². The predicted molar refractivity (Wildman–Crippen MR) is 59.5 cm³/mol. The van der Waals surface area contributed by atoms with Gasteiger partial charge in [0.05, 0.1) is 6.61 Å². The van der Waals surface area contributed by atoms with E-state index in [1.807, 2.05) is 25.7 Å². The molecule has 0 aliphatic rings. The number of carbonyl (C=O) groups excluding carboxylic acids is 1. The van der Waals surface area contributed by atoms with Crippen LogP contribution in [0.25, 0.3) is 0 Å². The summed E-state index contributed by atoms with van der Waals surface area (Å²) in [7, 11) is -0.131. The van der Waals surface area contributed by atoms with Crippen molar-refractivity contribution in [2.75, 3.05) is 13.7 Å². The summed E-state index contributed by atoms with van der Waals surface area (Å²) in [5.74, 6) is -0.232. The third-order valence-corrected chi connectivity index (χ3v) is 4.03. The minimum atomic E-state index is -1.81. The molecule has 0 atom stereocenters. The summed E-state index contributed by atoms with van der Waals surface area (Å²) >= 11 is 0. The molecule has 0 bridgehead atoms. The van der Waals surface area contributed by atoms with Gasteiger partial charge in [-0.15, -0.1) is 0 Å². The van der Waals surface area contributed by atoms with Crippen molar-refractivity contribution in [3.05, 3.63) is 11.3 Å². The van der Waals surface area contributed by atoms with E-state index in [-0.39, 0.29) is 5.97 Å². The second-order valence-corrected chi connectivity index (χ2v) is 7.67. The standard InChI is InChI=1S/C10H20O3Si/c1-6-7-13-10(11)9(2)8-14(4,5)12-3/h8H,6-7H2,1-5H3. The molecule has 0 unspecified atom stereocenters. The summed E-state index contributed by atoms with van der Waals surface area (Å²) < 4.78 is 10.3. The van der Waals surface area contributed by atoms with Gasteiger partial charge in [-0.25, -0.2) is 4.79 Å². The summed E-state index contributed by atoms with van der Waals surface area (Å²) in [4.78, 5) is 11.4. The molecule has 0 aromatic rings. The Morgan fingerprint density at radius 1 is 1.43 bits per heavy atom. The molecule has 0 saturated heterocycles. The average molecular weight is 216 g/mol. The maximum Gasteiger partial charge on any atom is 0.333 e. The first-order valence-corrected chi connectivity index (χ1v) is 7.83. The predicted octanol–water partition coefficient (Wildman–Crippen LogP) is 2.28. The molecule has 0 aromatic carbocycles. The lowest BCUT2D eigenvalue weighted by Crippen LogP contribution is -2.27. The SMILES string of the molecule is CCCOC(=O)C(C)=C[Si](C)(C)OC. The largest absolute Gasteiger partial charge is 0.462 e. The fraction of sp³-hybridized carbons (Fsp3) is 0.700. The fourth-order valence-electron chi connectivity index (χ4n) is 0.948. The summed E-state index contributed by atoms with van der Waals surface area (Å²) in [5.41, 5.74) is 2.56. The van der Waals surface area contributed by atoms with Crippen molar-refractivity contribution in [1.82, 2.24) is 0 Å². The fourth-order valence-corrected chi connectivity index (χ4v) is 2.23. The molecule has 14 heavy (non-hydrogen) atoms. The second-order valence-electron chi connectivity index (χ2n) is 3.77. The van der Waals surface area contributed by atoms with Crippen LogP contribution >= 0.6 is 0 Å². The maximum absolute atomic E-state index is 11.4. The summed E-state index contributed by atoms with van der Waals surface area (Å²) in [5, 5.41) is 0. The van der Waals surface area contributed by atoms with E-state index in [0.29, 0.717) is 12.2 Å². The normalized spacial score (nSPS) is 12.8. The van der Waals surface area contributed by atoms with Crippen LogP contribution in [0, 0.1) is 0 Å². The molecule has 0 aliphatic heterocycles. The third kappa shape index (κ3) is 5.19. The van der Waals surface area contributed by atoms with Crippen LogP contribution in [0.3, 0.4) is 0 Å².